The van der Waals surface area contributed by atoms with Crippen LogP contribution in [0, 0.1) is 5.82 Å². The third kappa shape index (κ3) is 2.80. The van der Waals surface area contributed by atoms with E-state index < -0.39 is 17.3 Å². The average molecular weight is 374 g/mol. The van der Waals surface area contributed by atoms with Crippen molar-refractivity contribution in [3.63, 3.8) is 0 Å². The molecule has 1 atom stereocenters. The standard InChI is InChI=1S/C18H19FN4O2S/c1-18(2,25)15-14-8(3-4-21-15)5-12(26-14)17-22-11-7-9(19)6-10(16(20)24)13(11)23-17/h5-7,15,21,25H,3-4H2,1-2H3,(H2,20,24)(H,22,23). The number of nitrogens with one attached hydrogen (secondary N) is 2. The highest BCUT2D eigenvalue weighted by molar-refractivity contribution is 7.15. The van der Waals surface area contributed by atoms with Gasteiger partial charge in [0.25, 0.3) is 5.91 Å². The highest BCUT2D eigenvalue weighted by Gasteiger charge is 2.34. The number of aromatic nitrogens is 2. The molecule has 6 nitrogen and oxygen atoms in total. The van der Waals surface area contributed by atoms with Gasteiger partial charge in [0.15, 0.2) is 0 Å². The first kappa shape index (κ1) is 17.1. The fraction of sp³-hybridized carbons (Fsp3) is 0.333. The third-order valence-electron chi connectivity index (χ3n) is 4.60. The molecule has 4 rings (SSSR count). The van der Waals surface area contributed by atoms with E-state index in [9.17, 15) is 14.3 Å². The van der Waals surface area contributed by atoms with Gasteiger partial charge in [0, 0.05) is 4.88 Å². The van der Waals surface area contributed by atoms with E-state index in [2.05, 4.69) is 15.3 Å². The smallest absolute Gasteiger partial charge is 0.251 e. The van der Waals surface area contributed by atoms with Gasteiger partial charge in [-0.3, -0.25) is 4.79 Å². The van der Waals surface area contributed by atoms with Crippen molar-refractivity contribution in [1.29, 1.82) is 0 Å². The maximum absolute atomic E-state index is 13.7. The minimum Gasteiger partial charge on any atom is -0.388 e. The second-order valence-electron chi connectivity index (χ2n) is 7.09. The Kier molecular flexibility index (Phi) is 3.87. The Bertz CT molecular complexity index is 1020. The molecule has 3 heterocycles. The van der Waals surface area contributed by atoms with Gasteiger partial charge in [-0.2, -0.15) is 0 Å². The summed E-state index contributed by atoms with van der Waals surface area (Å²) in [5, 5.41) is 13.8. The summed E-state index contributed by atoms with van der Waals surface area (Å²) in [6.45, 7) is 4.35. The Labute approximate surface area is 153 Å². The number of rotatable bonds is 3. The van der Waals surface area contributed by atoms with Crippen LogP contribution in [0.3, 0.4) is 0 Å². The third-order valence-corrected chi connectivity index (χ3v) is 5.85. The predicted octanol–water partition coefficient (Wildman–Crippen LogP) is 2.49. The van der Waals surface area contributed by atoms with E-state index in [1.807, 2.05) is 6.07 Å². The topological polar surface area (TPSA) is 104 Å². The molecule has 0 fully saturated rings. The summed E-state index contributed by atoms with van der Waals surface area (Å²) in [5.41, 5.74) is 6.46. The molecule has 0 radical (unpaired) electrons. The minimum atomic E-state index is -0.895. The zero-order chi connectivity index (χ0) is 18.6. The molecule has 5 N–H and O–H groups in total. The summed E-state index contributed by atoms with van der Waals surface area (Å²) in [6, 6.07) is 4.28. The lowest BCUT2D eigenvalue weighted by Gasteiger charge is -2.33. The molecule has 26 heavy (non-hydrogen) atoms. The van der Waals surface area contributed by atoms with Crippen LogP contribution in [-0.4, -0.2) is 33.1 Å². The van der Waals surface area contributed by atoms with Gasteiger partial charge < -0.3 is 21.1 Å². The summed E-state index contributed by atoms with van der Waals surface area (Å²) < 4.78 is 13.7. The van der Waals surface area contributed by atoms with Crippen LogP contribution >= 0.6 is 11.3 Å². The van der Waals surface area contributed by atoms with Gasteiger partial charge in [-0.1, -0.05) is 0 Å². The summed E-state index contributed by atoms with van der Waals surface area (Å²) in [4.78, 5) is 21.1. The summed E-state index contributed by atoms with van der Waals surface area (Å²) in [7, 11) is 0. The molecule has 0 aliphatic carbocycles. The number of benzene rings is 1. The predicted molar refractivity (Wildman–Crippen MR) is 98.6 cm³/mol. The quantitative estimate of drug-likeness (QED) is 0.565. The largest absolute Gasteiger partial charge is 0.388 e. The van der Waals surface area contributed by atoms with Crippen LogP contribution in [0.25, 0.3) is 21.7 Å². The van der Waals surface area contributed by atoms with E-state index in [-0.39, 0.29) is 11.6 Å². The van der Waals surface area contributed by atoms with E-state index >= 15 is 0 Å². The fourth-order valence-electron chi connectivity index (χ4n) is 3.40. The first-order valence-electron chi connectivity index (χ1n) is 8.32. The number of halogens is 1. The van der Waals surface area contributed by atoms with Crippen molar-refractivity contribution in [2.24, 2.45) is 5.73 Å². The van der Waals surface area contributed by atoms with E-state index in [0.29, 0.717) is 16.9 Å². The van der Waals surface area contributed by atoms with Gasteiger partial charge in [-0.15, -0.1) is 11.3 Å². The molecular formula is C18H19FN4O2S. The Balaban J connectivity index is 1.83. The summed E-state index contributed by atoms with van der Waals surface area (Å²) in [6.07, 6.45) is 0.861. The second kappa shape index (κ2) is 5.87. The lowest BCUT2D eigenvalue weighted by Crippen LogP contribution is -2.42. The Morgan fingerprint density at radius 2 is 2.19 bits per heavy atom. The monoisotopic (exact) mass is 374 g/mol. The van der Waals surface area contributed by atoms with Crippen molar-refractivity contribution >= 4 is 28.3 Å². The number of carbonyl (C=O) groups excluding carboxylic acids is 1. The lowest BCUT2D eigenvalue weighted by molar-refractivity contribution is 0.0362. The number of hydrogen-bond donors (Lipinski definition) is 4. The highest BCUT2D eigenvalue weighted by atomic mass is 32.1. The van der Waals surface area contributed by atoms with Crippen LogP contribution in [0.5, 0.6) is 0 Å². The number of amides is 1. The number of carbonyl (C=O) groups is 1. The molecule has 2 aromatic heterocycles. The number of nitrogens with two attached hydrogens (primary N) is 1. The molecule has 1 aromatic carbocycles. The van der Waals surface area contributed by atoms with Crippen LogP contribution in [0.4, 0.5) is 4.39 Å². The number of fused-ring (bicyclic) bond motifs is 2. The fourth-order valence-corrected chi connectivity index (χ4v) is 4.81. The number of aliphatic hydroxyl groups is 1. The van der Waals surface area contributed by atoms with Crippen LogP contribution in [0.2, 0.25) is 0 Å². The number of hydrogen-bond acceptors (Lipinski definition) is 5. The Hall–Kier alpha value is -2.29. The molecule has 3 aromatic rings. The first-order chi connectivity index (χ1) is 12.2. The number of nitrogens with zero attached hydrogens (tertiary/aromatic N) is 1. The molecular weight excluding hydrogens is 355 g/mol. The Morgan fingerprint density at radius 1 is 1.42 bits per heavy atom. The minimum absolute atomic E-state index is 0.0554. The summed E-state index contributed by atoms with van der Waals surface area (Å²) in [5.74, 6) is -0.704. The average Bonchev–Trinajstić information content (AvgIpc) is 3.15. The maximum atomic E-state index is 13.7. The van der Waals surface area contributed by atoms with Gasteiger partial charge in [0.1, 0.15) is 17.2 Å². The van der Waals surface area contributed by atoms with Crippen molar-refractivity contribution in [3.8, 4) is 10.7 Å². The molecule has 1 aliphatic heterocycles. The SMILES string of the molecule is CC(C)(O)C1NCCc2cc(-c3nc4c(C(N)=O)cc(F)cc4[nH]3)sc21. The zero-order valence-corrected chi connectivity index (χ0v) is 15.2. The molecule has 8 heteroatoms. The van der Waals surface area contributed by atoms with Crippen molar-refractivity contribution in [1.82, 2.24) is 15.3 Å². The van der Waals surface area contributed by atoms with Gasteiger partial charge in [-0.25, -0.2) is 9.37 Å². The number of aromatic amines is 1. The van der Waals surface area contributed by atoms with Gasteiger partial charge in [-0.05, 0) is 50.6 Å². The molecule has 1 amide bonds. The molecule has 0 bridgehead atoms. The molecule has 1 aliphatic rings. The number of H-pyrrole nitrogens is 1. The van der Waals surface area contributed by atoms with Crippen LogP contribution in [0.15, 0.2) is 18.2 Å². The van der Waals surface area contributed by atoms with Crippen LogP contribution < -0.4 is 11.1 Å². The van der Waals surface area contributed by atoms with E-state index in [1.165, 1.54) is 17.4 Å². The van der Waals surface area contributed by atoms with Crippen molar-refractivity contribution < 1.29 is 14.3 Å². The van der Waals surface area contributed by atoms with Crippen LogP contribution in [0.1, 0.15) is 40.7 Å². The molecule has 0 saturated heterocycles. The number of thiophene rings is 1. The number of primary amides is 1. The molecule has 136 valence electrons. The number of imidazole rings is 1. The van der Waals surface area contributed by atoms with Gasteiger partial charge in [0.2, 0.25) is 0 Å². The van der Waals surface area contributed by atoms with Gasteiger partial charge in [0.05, 0.1) is 27.6 Å². The zero-order valence-electron chi connectivity index (χ0n) is 14.4. The van der Waals surface area contributed by atoms with Crippen molar-refractivity contribution in [3.05, 3.63) is 40.0 Å². The van der Waals surface area contributed by atoms with E-state index in [0.717, 1.165) is 34.3 Å². The summed E-state index contributed by atoms with van der Waals surface area (Å²) >= 11 is 1.53. The van der Waals surface area contributed by atoms with Crippen molar-refractivity contribution in [2.45, 2.75) is 31.9 Å². The normalized spacial score (nSPS) is 17.5. The second-order valence-corrected chi connectivity index (χ2v) is 8.17. The van der Waals surface area contributed by atoms with Crippen molar-refractivity contribution in [2.75, 3.05) is 6.54 Å². The van der Waals surface area contributed by atoms with Crippen LogP contribution in [-0.2, 0) is 6.42 Å². The first-order valence-corrected chi connectivity index (χ1v) is 9.13. The van der Waals surface area contributed by atoms with E-state index in [4.69, 9.17) is 5.73 Å². The maximum Gasteiger partial charge on any atom is 0.251 e. The lowest BCUT2D eigenvalue weighted by atomic mass is 9.91. The van der Waals surface area contributed by atoms with E-state index in [1.54, 1.807) is 13.8 Å². The Morgan fingerprint density at radius 3 is 2.88 bits per heavy atom. The highest BCUT2D eigenvalue weighted by Crippen LogP contribution is 2.40. The molecule has 0 saturated carbocycles. The molecule has 1 unspecified atom stereocenters. The van der Waals surface area contributed by atoms with Gasteiger partial charge >= 0.3 is 0 Å². The molecule has 0 spiro atoms.